The number of hydrogen-bond acceptors (Lipinski definition) is 4. The number of carbonyl (C=O) groups excluding carboxylic acids is 1. The summed E-state index contributed by atoms with van der Waals surface area (Å²) in [6.07, 6.45) is 1.30. The maximum Gasteiger partial charge on any atom is 0.292 e. The summed E-state index contributed by atoms with van der Waals surface area (Å²) < 4.78 is 0. The number of aryl methyl sites for hydroxylation is 1. The van der Waals surface area contributed by atoms with Crippen molar-refractivity contribution >= 4 is 17.3 Å². The molecule has 1 aromatic carbocycles. The van der Waals surface area contributed by atoms with Crippen LogP contribution in [-0.2, 0) is 4.79 Å². The molecule has 0 radical (unpaired) electrons. The molecule has 1 heterocycles. The van der Waals surface area contributed by atoms with Crippen LogP contribution in [0.15, 0.2) is 18.2 Å². The third kappa shape index (κ3) is 2.77. The smallest absolute Gasteiger partial charge is 0.292 e. The molecule has 96 valence electrons. The number of hydrogen-bond donors (Lipinski definition) is 2. The molecule has 1 aromatic rings. The van der Waals surface area contributed by atoms with E-state index in [1.807, 2.05) is 13.0 Å². The van der Waals surface area contributed by atoms with Crippen molar-refractivity contribution < 1.29 is 9.72 Å². The molecule has 2 N–H and O–H groups in total. The van der Waals surface area contributed by atoms with Crippen LogP contribution in [0.5, 0.6) is 0 Å². The summed E-state index contributed by atoms with van der Waals surface area (Å²) in [5, 5.41) is 16.8. The number of rotatable bonds is 4. The molecule has 1 atom stereocenters. The van der Waals surface area contributed by atoms with Gasteiger partial charge in [0, 0.05) is 25.1 Å². The quantitative estimate of drug-likeness (QED) is 0.627. The van der Waals surface area contributed by atoms with Crippen molar-refractivity contribution in [3.8, 4) is 0 Å². The Bertz CT molecular complexity index is 487. The second kappa shape index (κ2) is 5.03. The maximum atomic E-state index is 11.0. The fourth-order valence-corrected chi connectivity index (χ4v) is 2.01. The highest BCUT2D eigenvalue weighted by atomic mass is 16.6. The standard InChI is InChI=1S/C12H15N3O3/c1-8-2-4-10(11(6-8)15(17)18)13-7-9-3-5-12(16)14-9/h2,4,6,9,13H,3,5,7H2,1H3,(H,14,16). The van der Waals surface area contributed by atoms with Gasteiger partial charge in [-0.1, -0.05) is 6.07 Å². The minimum absolute atomic E-state index is 0.0419. The first-order chi connectivity index (χ1) is 8.56. The minimum Gasteiger partial charge on any atom is -0.377 e. The number of benzene rings is 1. The summed E-state index contributed by atoms with van der Waals surface area (Å²) in [5.74, 6) is 0.0419. The first kappa shape index (κ1) is 12.3. The van der Waals surface area contributed by atoms with Gasteiger partial charge in [0.25, 0.3) is 5.69 Å². The average molecular weight is 249 g/mol. The van der Waals surface area contributed by atoms with E-state index >= 15 is 0 Å². The van der Waals surface area contributed by atoms with E-state index in [0.717, 1.165) is 12.0 Å². The van der Waals surface area contributed by atoms with Gasteiger partial charge in [0.15, 0.2) is 0 Å². The van der Waals surface area contributed by atoms with Crippen molar-refractivity contribution in [2.45, 2.75) is 25.8 Å². The number of nitrogens with one attached hydrogen (secondary N) is 2. The van der Waals surface area contributed by atoms with Crippen LogP contribution in [0.1, 0.15) is 18.4 Å². The van der Waals surface area contributed by atoms with E-state index in [-0.39, 0.29) is 17.6 Å². The highest BCUT2D eigenvalue weighted by molar-refractivity contribution is 5.78. The van der Waals surface area contributed by atoms with E-state index in [9.17, 15) is 14.9 Å². The maximum absolute atomic E-state index is 11.0. The molecular formula is C12H15N3O3. The Balaban J connectivity index is 2.04. The molecule has 0 saturated carbocycles. The van der Waals surface area contributed by atoms with Gasteiger partial charge < -0.3 is 10.6 Å². The van der Waals surface area contributed by atoms with Crippen molar-refractivity contribution in [2.24, 2.45) is 0 Å². The van der Waals surface area contributed by atoms with E-state index in [1.54, 1.807) is 6.07 Å². The molecule has 1 aliphatic heterocycles. The Labute approximate surface area is 105 Å². The van der Waals surface area contributed by atoms with Crippen LogP contribution >= 0.6 is 0 Å². The fraction of sp³-hybridized carbons (Fsp3) is 0.417. The number of nitro groups is 1. The van der Waals surface area contributed by atoms with Gasteiger partial charge in [-0.25, -0.2) is 0 Å². The summed E-state index contributed by atoms with van der Waals surface area (Å²) in [6.45, 7) is 2.32. The van der Waals surface area contributed by atoms with E-state index < -0.39 is 4.92 Å². The molecule has 1 aliphatic rings. The van der Waals surface area contributed by atoms with Crippen LogP contribution < -0.4 is 10.6 Å². The SMILES string of the molecule is Cc1ccc(NCC2CCC(=O)N2)c([N+](=O)[O-])c1. The molecule has 0 aromatic heterocycles. The Morgan fingerprint density at radius 3 is 2.94 bits per heavy atom. The van der Waals surface area contributed by atoms with Crippen molar-refractivity contribution in [1.82, 2.24) is 5.32 Å². The molecule has 1 fully saturated rings. The largest absolute Gasteiger partial charge is 0.377 e. The van der Waals surface area contributed by atoms with Crippen LogP contribution in [0.4, 0.5) is 11.4 Å². The second-order valence-electron chi connectivity index (χ2n) is 4.46. The normalized spacial score (nSPS) is 18.5. The highest BCUT2D eigenvalue weighted by Gasteiger charge is 2.21. The number of nitro benzene ring substituents is 1. The Morgan fingerprint density at radius 2 is 2.33 bits per heavy atom. The van der Waals surface area contributed by atoms with Crippen LogP contribution in [0.2, 0.25) is 0 Å². The molecule has 1 amide bonds. The summed E-state index contributed by atoms with van der Waals surface area (Å²) in [4.78, 5) is 21.6. The zero-order valence-electron chi connectivity index (χ0n) is 10.1. The van der Waals surface area contributed by atoms with E-state index in [1.165, 1.54) is 6.07 Å². The molecule has 0 aliphatic carbocycles. The van der Waals surface area contributed by atoms with Crippen LogP contribution in [0.25, 0.3) is 0 Å². The molecule has 18 heavy (non-hydrogen) atoms. The van der Waals surface area contributed by atoms with Gasteiger partial charge >= 0.3 is 0 Å². The van der Waals surface area contributed by atoms with Gasteiger partial charge in [-0.15, -0.1) is 0 Å². The molecule has 2 rings (SSSR count). The van der Waals surface area contributed by atoms with Gasteiger partial charge in [0.05, 0.1) is 4.92 Å². The van der Waals surface area contributed by atoms with E-state index in [4.69, 9.17) is 0 Å². The van der Waals surface area contributed by atoms with Crippen LogP contribution in [0, 0.1) is 17.0 Å². The highest BCUT2D eigenvalue weighted by Crippen LogP contribution is 2.25. The van der Waals surface area contributed by atoms with Crippen molar-refractivity contribution in [3.05, 3.63) is 33.9 Å². The number of amides is 1. The average Bonchev–Trinajstić information content (AvgIpc) is 2.73. The lowest BCUT2D eigenvalue weighted by Crippen LogP contribution is -2.31. The molecule has 0 spiro atoms. The van der Waals surface area contributed by atoms with Gasteiger partial charge in [-0.3, -0.25) is 14.9 Å². The Hall–Kier alpha value is -2.11. The van der Waals surface area contributed by atoms with Crippen molar-refractivity contribution in [3.63, 3.8) is 0 Å². The molecule has 1 unspecified atom stereocenters. The van der Waals surface area contributed by atoms with Crippen molar-refractivity contribution in [2.75, 3.05) is 11.9 Å². The van der Waals surface area contributed by atoms with E-state index in [0.29, 0.717) is 18.7 Å². The summed E-state index contributed by atoms with van der Waals surface area (Å²) >= 11 is 0. The summed E-state index contributed by atoms with van der Waals surface area (Å²) in [5.41, 5.74) is 1.41. The topological polar surface area (TPSA) is 84.3 Å². The monoisotopic (exact) mass is 249 g/mol. The third-order valence-electron chi connectivity index (χ3n) is 2.97. The molecule has 6 heteroatoms. The minimum atomic E-state index is -0.400. The lowest BCUT2D eigenvalue weighted by Gasteiger charge is -2.12. The third-order valence-corrected chi connectivity index (χ3v) is 2.97. The van der Waals surface area contributed by atoms with Gasteiger partial charge in [-0.05, 0) is 25.0 Å². The second-order valence-corrected chi connectivity index (χ2v) is 4.46. The predicted molar refractivity (Wildman–Crippen MR) is 67.5 cm³/mol. The predicted octanol–water partition coefficient (Wildman–Crippen LogP) is 1.59. The van der Waals surface area contributed by atoms with E-state index in [2.05, 4.69) is 10.6 Å². The first-order valence-corrected chi connectivity index (χ1v) is 5.84. The lowest BCUT2D eigenvalue weighted by molar-refractivity contribution is -0.384. The Kier molecular flexibility index (Phi) is 3.45. The lowest BCUT2D eigenvalue weighted by atomic mass is 10.1. The summed E-state index contributed by atoms with van der Waals surface area (Å²) in [6, 6.07) is 5.11. The zero-order valence-corrected chi connectivity index (χ0v) is 10.1. The Morgan fingerprint density at radius 1 is 1.56 bits per heavy atom. The molecule has 1 saturated heterocycles. The fourth-order valence-electron chi connectivity index (χ4n) is 2.01. The summed E-state index contributed by atoms with van der Waals surface area (Å²) in [7, 11) is 0. The van der Waals surface area contributed by atoms with Gasteiger partial charge in [0.1, 0.15) is 5.69 Å². The molecule has 0 bridgehead atoms. The van der Waals surface area contributed by atoms with Crippen molar-refractivity contribution in [1.29, 1.82) is 0 Å². The van der Waals surface area contributed by atoms with Crippen LogP contribution in [0.3, 0.4) is 0 Å². The number of anilines is 1. The number of carbonyl (C=O) groups is 1. The molecule has 6 nitrogen and oxygen atoms in total. The zero-order chi connectivity index (χ0) is 13.1. The molecular weight excluding hydrogens is 234 g/mol. The van der Waals surface area contributed by atoms with Crippen LogP contribution in [-0.4, -0.2) is 23.4 Å². The number of nitrogens with zero attached hydrogens (tertiary/aromatic N) is 1. The van der Waals surface area contributed by atoms with Gasteiger partial charge in [-0.2, -0.15) is 0 Å². The first-order valence-electron chi connectivity index (χ1n) is 5.84. The van der Waals surface area contributed by atoms with Gasteiger partial charge in [0.2, 0.25) is 5.91 Å².